The molecule has 0 amide bonds. The zero-order chi connectivity index (χ0) is 14.2. The zero-order valence-corrected chi connectivity index (χ0v) is 11.7. The minimum absolute atomic E-state index is 0.0176. The predicted octanol–water partition coefficient (Wildman–Crippen LogP) is -0.0988. The quantitative estimate of drug-likeness (QED) is 0.717. The van der Waals surface area contributed by atoms with Crippen LogP contribution in [0, 0.1) is 0 Å². The lowest BCUT2D eigenvalue weighted by molar-refractivity contribution is 0.122. The Morgan fingerprint density at radius 3 is 2.80 bits per heavy atom. The summed E-state index contributed by atoms with van der Waals surface area (Å²) in [6.07, 6.45) is 0.887. The molecule has 1 fully saturated rings. The molecule has 2 rings (SSSR count). The summed E-state index contributed by atoms with van der Waals surface area (Å²) in [7, 11) is 0. The van der Waals surface area contributed by atoms with Crippen molar-refractivity contribution in [3.8, 4) is 6.01 Å². The van der Waals surface area contributed by atoms with Crippen molar-refractivity contribution >= 4 is 11.9 Å². The number of anilines is 2. The molecule has 0 saturated carbocycles. The van der Waals surface area contributed by atoms with Crippen molar-refractivity contribution in [2.45, 2.75) is 13.3 Å². The summed E-state index contributed by atoms with van der Waals surface area (Å²) in [6.45, 7) is 5.81. The van der Waals surface area contributed by atoms with E-state index in [0.717, 1.165) is 19.5 Å². The molecular formula is C12H21N5O3. The fraction of sp³-hybridized carbons (Fsp3) is 0.750. The lowest BCUT2D eigenvalue weighted by atomic mass is 10.4. The van der Waals surface area contributed by atoms with Gasteiger partial charge in [0, 0.05) is 19.6 Å². The first-order valence-corrected chi connectivity index (χ1v) is 6.89. The van der Waals surface area contributed by atoms with E-state index in [1.165, 1.54) is 0 Å². The number of aromatic nitrogens is 3. The Morgan fingerprint density at radius 1 is 1.30 bits per heavy atom. The number of hydrogen-bond acceptors (Lipinski definition) is 8. The highest BCUT2D eigenvalue weighted by Crippen LogP contribution is 2.16. The number of nitrogens with one attached hydrogen (secondary N) is 1. The molecule has 8 heteroatoms. The molecule has 8 nitrogen and oxygen atoms in total. The van der Waals surface area contributed by atoms with Gasteiger partial charge in [0.1, 0.15) is 0 Å². The normalized spacial score (nSPS) is 15.2. The van der Waals surface area contributed by atoms with E-state index >= 15 is 0 Å². The Kier molecular flexibility index (Phi) is 5.75. The second-order valence-corrected chi connectivity index (χ2v) is 4.34. The van der Waals surface area contributed by atoms with E-state index in [9.17, 15) is 0 Å². The second kappa shape index (κ2) is 7.81. The van der Waals surface area contributed by atoms with Gasteiger partial charge in [0.2, 0.25) is 11.9 Å². The van der Waals surface area contributed by atoms with Crippen LogP contribution < -0.4 is 15.0 Å². The van der Waals surface area contributed by atoms with E-state index in [1.54, 1.807) is 0 Å². The van der Waals surface area contributed by atoms with Crippen molar-refractivity contribution in [1.29, 1.82) is 0 Å². The van der Waals surface area contributed by atoms with Crippen molar-refractivity contribution in [2.75, 3.05) is 56.3 Å². The van der Waals surface area contributed by atoms with Crippen molar-refractivity contribution in [3.05, 3.63) is 0 Å². The first-order valence-electron chi connectivity index (χ1n) is 6.89. The van der Waals surface area contributed by atoms with Gasteiger partial charge in [0.25, 0.3) is 0 Å². The summed E-state index contributed by atoms with van der Waals surface area (Å²) < 4.78 is 10.8. The van der Waals surface area contributed by atoms with Crippen LogP contribution in [0.5, 0.6) is 6.01 Å². The molecule has 0 aromatic carbocycles. The van der Waals surface area contributed by atoms with Gasteiger partial charge in [-0.1, -0.05) is 6.92 Å². The molecule has 0 spiro atoms. The van der Waals surface area contributed by atoms with Crippen LogP contribution >= 0.6 is 0 Å². The molecule has 2 N–H and O–H groups in total. The minimum Gasteiger partial charge on any atom is -0.463 e. The van der Waals surface area contributed by atoms with E-state index in [4.69, 9.17) is 14.6 Å². The molecule has 0 unspecified atom stereocenters. The Hall–Kier alpha value is -1.67. The highest BCUT2D eigenvalue weighted by atomic mass is 16.5. The van der Waals surface area contributed by atoms with Gasteiger partial charge < -0.3 is 24.8 Å². The number of morpholine rings is 1. The smallest absolute Gasteiger partial charge is 0.323 e. The fourth-order valence-corrected chi connectivity index (χ4v) is 1.76. The van der Waals surface area contributed by atoms with E-state index in [0.29, 0.717) is 44.3 Å². The van der Waals surface area contributed by atoms with Gasteiger partial charge in [0.05, 0.1) is 26.4 Å². The van der Waals surface area contributed by atoms with Gasteiger partial charge in [-0.2, -0.15) is 15.0 Å². The molecule has 0 aliphatic carbocycles. The molecule has 112 valence electrons. The maximum Gasteiger partial charge on any atom is 0.323 e. The molecule has 0 radical (unpaired) electrons. The minimum atomic E-state index is 0.0176. The molecule has 2 heterocycles. The third kappa shape index (κ3) is 4.17. The van der Waals surface area contributed by atoms with Crippen LogP contribution in [0.1, 0.15) is 13.3 Å². The molecule has 1 saturated heterocycles. The van der Waals surface area contributed by atoms with Crippen molar-refractivity contribution in [1.82, 2.24) is 15.0 Å². The summed E-state index contributed by atoms with van der Waals surface area (Å²) in [6, 6.07) is 0.309. The third-order valence-electron chi connectivity index (χ3n) is 2.73. The van der Waals surface area contributed by atoms with E-state index in [2.05, 4.69) is 20.3 Å². The number of rotatable bonds is 7. The van der Waals surface area contributed by atoms with Crippen LogP contribution in [-0.2, 0) is 4.74 Å². The van der Waals surface area contributed by atoms with Crippen molar-refractivity contribution in [2.24, 2.45) is 0 Å². The molecule has 1 aliphatic rings. The van der Waals surface area contributed by atoms with E-state index < -0.39 is 0 Å². The maximum atomic E-state index is 8.86. The van der Waals surface area contributed by atoms with E-state index in [-0.39, 0.29) is 6.61 Å². The average Bonchev–Trinajstić information content (AvgIpc) is 2.51. The largest absolute Gasteiger partial charge is 0.463 e. The summed E-state index contributed by atoms with van der Waals surface area (Å²) in [5, 5.41) is 11.8. The molecule has 1 aromatic rings. The molecule has 1 aliphatic heterocycles. The molecular weight excluding hydrogens is 262 g/mol. The molecule has 0 atom stereocenters. The molecule has 1 aromatic heterocycles. The van der Waals surface area contributed by atoms with Crippen LogP contribution in [0.25, 0.3) is 0 Å². The number of aliphatic hydroxyl groups excluding tert-OH is 1. The Bertz CT molecular complexity index is 386. The lowest BCUT2D eigenvalue weighted by Crippen LogP contribution is -2.37. The van der Waals surface area contributed by atoms with Crippen LogP contribution in [0.4, 0.5) is 11.9 Å². The first kappa shape index (κ1) is 14.7. The zero-order valence-electron chi connectivity index (χ0n) is 11.7. The van der Waals surface area contributed by atoms with Crippen LogP contribution in [0.15, 0.2) is 0 Å². The van der Waals surface area contributed by atoms with Crippen LogP contribution in [0.2, 0.25) is 0 Å². The predicted molar refractivity (Wildman–Crippen MR) is 74.2 cm³/mol. The highest BCUT2D eigenvalue weighted by Gasteiger charge is 2.16. The summed E-state index contributed by atoms with van der Waals surface area (Å²) >= 11 is 0. The SMILES string of the molecule is CCCOc1nc(NCCO)nc(N2CCOCC2)n1. The number of nitrogens with zero attached hydrogens (tertiary/aromatic N) is 4. The van der Waals surface area contributed by atoms with Crippen LogP contribution in [-0.4, -0.2) is 66.1 Å². The monoisotopic (exact) mass is 283 g/mol. The second-order valence-electron chi connectivity index (χ2n) is 4.34. The Balaban J connectivity index is 2.14. The van der Waals surface area contributed by atoms with Crippen molar-refractivity contribution in [3.63, 3.8) is 0 Å². The Morgan fingerprint density at radius 2 is 2.10 bits per heavy atom. The summed E-state index contributed by atoms with van der Waals surface area (Å²) in [5.74, 6) is 0.997. The standard InChI is InChI=1S/C12H21N5O3/c1-2-7-20-12-15-10(13-3-6-18)14-11(16-12)17-4-8-19-9-5-17/h18H,2-9H2,1H3,(H,13,14,15,16). The number of hydrogen-bond donors (Lipinski definition) is 2. The van der Waals surface area contributed by atoms with Crippen LogP contribution in [0.3, 0.4) is 0 Å². The number of ether oxygens (including phenoxy) is 2. The van der Waals surface area contributed by atoms with Gasteiger partial charge >= 0.3 is 6.01 Å². The van der Waals surface area contributed by atoms with Gasteiger partial charge in [-0.3, -0.25) is 0 Å². The topological polar surface area (TPSA) is 92.6 Å². The van der Waals surface area contributed by atoms with Gasteiger partial charge in [0.15, 0.2) is 0 Å². The van der Waals surface area contributed by atoms with E-state index in [1.807, 2.05) is 11.8 Å². The highest BCUT2D eigenvalue weighted by molar-refractivity contribution is 5.38. The average molecular weight is 283 g/mol. The van der Waals surface area contributed by atoms with Gasteiger partial charge in [-0.05, 0) is 6.42 Å². The maximum absolute atomic E-state index is 8.86. The third-order valence-corrected chi connectivity index (χ3v) is 2.73. The number of aliphatic hydroxyl groups is 1. The van der Waals surface area contributed by atoms with Gasteiger partial charge in [-0.25, -0.2) is 0 Å². The molecule has 0 bridgehead atoms. The Labute approximate surface area is 118 Å². The summed E-state index contributed by atoms with van der Waals surface area (Å²) in [5.41, 5.74) is 0. The van der Waals surface area contributed by atoms with Crippen molar-refractivity contribution < 1.29 is 14.6 Å². The first-order chi connectivity index (χ1) is 9.83. The molecule has 20 heavy (non-hydrogen) atoms. The summed E-state index contributed by atoms with van der Waals surface area (Å²) in [4.78, 5) is 14.9. The van der Waals surface area contributed by atoms with Gasteiger partial charge in [-0.15, -0.1) is 0 Å². The fourth-order valence-electron chi connectivity index (χ4n) is 1.76. The lowest BCUT2D eigenvalue weighted by Gasteiger charge is -2.27.